The second kappa shape index (κ2) is 7.03. The summed E-state index contributed by atoms with van der Waals surface area (Å²) in [5.41, 5.74) is 1.26. The summed E-state index contributed by atoms with van der Waals surface area (Å²) in [5.74, 6) is 0.755. The van der Waals surface area contributed by atoms with Gasteiger partial charge in [-0.05, 0) is 30.5 Å². The molecule has 3 heterocycles. The molecule has 2 aromatic heterocycles. The van der Waals surface area contributed by atoms with Crippen LogP contribution in [0.3, 0.4) is 0 Å². The van der Waals surface area contributed by atoms with Gasteiger partial charge in [0, 0.05) is 25.4 Å². The van der Waals surface area contributed by atoms with E-state index in [9.17, 15) is 9.18 Å². The number of hydrogen-bond donors (Lipinski definition) is 0. The zero-order valence-electron chi connectivity index (χ0n) is 14.0. The van der Waals surface area contributed by atoms with Gasteiger partial charge < -0.3 is 9.32 Å². The Bertz CT molecular complexity index is 913. The molecule has 1 fully saturated rings. The number of carbonyl (C=O) groups excluding carboxylic acids is 1. The minimum Gasteiger partial charge on any atom is -0.443 e. The smallest absolute Gasteiger partial charge is 0.257 e. The van der Waals surface area contributed by atoms with Crippen LogP contribution in [0.1, 0.15) is 46.5 Å². The molecule has 3 aromatic rings. The Morgan fingerprint density at radius 1 is 1.27 bits per heavy atom. The zero-order chi connectivity index (χ0) is 17.9. The Balaban J connectivity index is 1.52. The fraction of sp³-hybridized carbons (Fsp3) is 0.263. The Labute approximate surface area is 149 Å². The lowest BCUT2D eigenvalue weighted by Gasteiger charge is -2.22. The van der Waals surface area contributed by atoms with E-state index < -0.39 is 0 Å². The van der Waals surface area contributed by atoms with Crippen molar-refractivity contribution >= 4 is 5.91 Å². The van der Waals surface area contributed by atoms with E-state index in [1.165, 1.54) is 30.9 Å². The highest BCUT2D eigenvalue weighted by molar-refractivity contribution is 5.94. The Morgan fingerprint density at radius 2 is 2.12 bits per heavy atom. The first kappa shape index (κ1) is 16.4. The molecule has 0 bridgehead atoms. The van der Waals surface area contributed by atoms with Gasteiger partial charge in [-0.25, -0.2) is 19.3 Å². The second-order valence-electron chi connectivity index (χ2n) is 6.26. The molecular weight excluding hydrogens is 335 g/mol. The first-order valence-corrected chi connectivity index (χ1v) is 8.46. The molecule has 7 heteroatoms. The van der Waals surface area contributed by atoms with Crippen molar-refractivity contribution < 1.29 is 13.6 Å². The number of rotatable bonds is 4. The van der Waals surface area contributed by atoms with Crippen LogP contribution in [0, 0.1) is 5.82 Å². The van der Waals surface area contributed by atoms with Crippen LogP contribution in [-0.4, -0.2) is 32.3 Å². The molecule has 1 aromatic carbocycles. The van der Waals surface area contributed by atoms with Crippen molar-refractivity contribution in [3.8, 4) is 0 Å². The zero-order valence-corrected chi connectivity index (χ0v) is 14.0. The number of carbonyl (C=O) groups is 1. The van der Waals surface area contributed by atoms with Crippen molar-refractivity contribution in [3.05, 3.63) is 77.8 Å². The van der Waals surface area contributed by atoms with E-state index in [4.69, 9.17) is 4.42 Å². The molecule has 26 heavy (non-hydrogen) atoms. The molecule has 0 spiro atoms. The first-order chi connectivity index (χ1) is 12.7. The van der Waals surface area contributed by atoms with Gasteiger partial charge in [0.2, 0.25) is 5.89 Å². The number of amides is 1. The molecule has 4 rings (SSSR count). The van der Waals surface area contributed by atoms with Crippen molar-refractivity contribution in [3.63, 3.8) is 0 Å². The highest BCUT2D eigenvalue weighted by Gasteiger charge is 2.34. The molecular formula is C19H17FN4O2. The molecule has 0 aliphatic carbocycles. The number of oxazole rings is 1. The van der Waals surface area contributed by atoms with Crippen LogP contribution in [0.2, 0.25) is 0 Å². The number of nitrogens with zero attached hydrogens (tertiary/aromatic N) is 4. The van der Waals surface area contributed by atoms with Crippen molar-refractivity contribution in [1.82, 2.24) is 19.9 Å². The topological polar surface area (TPSA) is 72.1 Å². The number of hydrogen-bond acceptors (Lipinski definition) is 5. The monoisotopic (exact) mass is 352 g/mol. The van der Waals surface area contributed by atoms with Crippen LogP contribution < -0.4 is 0 Å². The molecule has 0 saturated carbocycles. The third-order valence-corrected chi connectivity index (χ3v) is 4.45. The van der Waals surface area contributed by atoms with Gasteiger partial charge in [-0.3, -0.25) is 4.79 Å². The predicted molar refractivity (Wildman–Crippen MR) is 90.8 cm³/mol. The van der Waals surface area contributed by atoms with Gasteiger partial charge in [-0.15, -0.1) is 0 Å². The van der Waals surface area contributed by atoms with E-state index in [1.807, 2.05) is 6.07 Å². The summed E-state index contributed by atoms with van der Waals surface area (Å²) in [6, 6.07) is 6.19. The van der Waals surface area contributed by atoms with E-state index >= 15 is 0 Å². The quantitative estimate of drug-likeness (QED) is 0.721. The van der Waals surface area contributed by atoms with Crippen LogP contribution in [0.15, 0.2) is 53.6 Å². The van der Waals surface area contributed by atoms with Crippen molar-refractivity contribution in [2.24, 2.45) is 0 Å². The van der Waals surface area contributed by atoms with E-state index in [0.29, 0.717) is 30.2 Å². The molecule has 1 saturated heterocycles. The van der Waals surface area contributed by atoms with E-state index in [-0.39, 0.29) is 17.8 Å². The minimum absolute atomic E-state index is 0.127. The molecule has 0 radical (unpaired) electrons. The van der Waals surface area contributed by atoms with Crippen LogP contribution in [0.4, 0.5) is 4.39 Å². The number of benzene rings is 1. The standard InChI is InChI=1S/C19H17FN4O2/c20-15-4-1-3-13(7-15)8-16-11-23-18(26-16)17-5-2-6-24(17)19(25)14-9-21-12-22-10-14/h1,3-4,7,9-12,17H,2,5-6,8H2/t17-/m0/s1. The predicted octanol–water partition coefficient (Wildman–Crippen LogP) is 3.17. The van der Waals surface area contributed by atoms with E-state index in [1.54, 1.807) is 17.2 Å². The van der Waals surface area contributed by atoms with Gasteiger partial charge in [0.15, 0.2) is 0 Å². The minimum atomic E-state index is -0.278. The third-order valence-electron chi connectivity index (χ3n) is 4.45. The second-order valence-corrected chi connectivity index (χ2v) is 6.26. The lowest BCUT2D eigenvalue weighted by atomic mass is 10.1. The van der Waals surface area contributed by atoms with E-state index in [0.717, 1.165) is 18.4 Å². The Kier molecular flexibility index (Phi) is 4.43. The van der Waals surface area contributed by atoms with Gasteiger partial charge in [0.05, 0.1) is 11.8 Å². The van der Waals surface area contributed by atoms with Gasteiger partial charge in [-0.2, -0.15) is 0 Å². The molecule has 6 nitrogen and oxygen atoms in total. The maximum Gasteiger partial charge on any atom is 0.257 e. The summed E-state index contributed by atoms with van der Waals surface area (Å²) >= 11 is 0. The van der Waals surface area contributed by atoms with Gasteiger partial charge in [0.25, 0.3) is 5.91 Å². The Morgan fingerprint density at radius 3 is 2.92 bits per heavy atom. The van der Waals surface area contributed by atoms with Crippen LogP contribution in [0.5, 0.6) is 0 Å². The molecule has 1 aliphatic rings. The number of aromatic nitrogens is 3. The van der Waals surface area contributed by atoms with E-state index in [2.05, 4.69) is 15.0 Å². The van der Waals surface area contributed by atoms with Crippen LogP contribution >= 0.6 is 0 Å². The lowest BCUT2D eigenvalue weighted by molar-refractivity contribution is 0.0713. The summed E-state index contributed by atoms with van der Waals surface area (Å²) in [6.45, 7) is 0.639. The molecule has 1 aliphatic heterocycles. The number of halogens is 1. The summed E-state index contributed by atoms with van der Waals surface area (Å²) in [4.78, 5) is 26.6. The fourth-order valence-corrected chi connectivity index (χ4v) is 3.25. The molecule has 0 unspecified atom stereocenters. The first-order valence-electron chi connectivity index (χ1n) is 8.46. The average molecular weight is 352 g/mol. The number of likely N-dealkylation sites (tertiary alicyclic amines) is 1. The molecule has 0 N–H and O–H groups in total. The van der Waals surface area contributed by atoms with Crippen LogP contribution in [-0.2, 0) is 6.42 Å². The summed E-state index contributed by atoms with van der Waals surface area (Å²) in [7, 11) is 0. The molecule has 132 valence electrons. The van der Waals surface area contributed by atoms with Gasteiger partial charge >= 0.3 is 0 Å². The Hall–Kier alpha value is -3.09. The lowest BCUT2D eigenvalue weighted by Crippen LogP contribution is -2.30. The van der Waals surface area contributed by atoms with Crippen molar-refractivity contribution in [1.29, 1.82) is 0 Å². The summed E-state index contributed by atoms with van der Waals surface area (Å²) in [6.07, 6.45) is 8.19. The highest BCUT2D eigenvalue weighted by Crippen LogP contribution is 2.33. The van der Waals surface area contributed by atoms with Gasteiger partial charge in [-0.1, -0.05) is 12.1 Å². The summed E-state index contributed by atoms with van der Waals surface area (Å²) < 4.78 is 19.2. The van der Waals surface area contributed by atoms with Crippen LogP contribution in [0.25, 0.3) is 0 Å². The van der Waals surface area contributed by atoms with Crippen molar-refractivity contribution in [2.75, 3.05) is 6.54 Å². The fourth-order valence-electron chi connectivity index (χ4n) is 3.25. The maximum absolute atomic E-state index is 13.3. The average Bonchev–Trinajstić information content (AvgIpc) is 3.31. The normalized spacial score (nSPS) is 16.8. The molecule has 1 atom stereocenters. The van der Waals surface area contributed by atoms with Gasteiger partial charge in [0.1, 0.15) is 23.9 Å². The largest absolute Gasteiger partial charge is 0.443 e. The molecule has 1 amide bonds. The third kappa shape index (κ3) is 3.33. The summed E-state index contributed by atoms with van der Waals surface area (Å²) in [5, 5.41) is 0. The maximum atomic E-state index is 13.3. The van der Waals surface area contributed by atoms with Crippen molar-refractivity contribution in [2.45, 2.75) is 25.3 Å². The SMILES string of the molecule is O=C(c1cncnc1)N1CCC[C@H]1c1ncc(Cc2cccc(F)c2)o1. The highest BCUT2D eigenvalue weighted by atomic mass is 19.1.